The van der Waals surface area contributed by atoms with Gasteiger partial charge in [0.25, 0.3) is 10.1 Å². The summed E-state index contributed by atoms with van der Waals surface area (Å²) in [7, 11) is -4.55. The average Bonchev–Trinajstić information content (AvgIpc) is 3.01. The Bertz CT molecular complexity index is 670. The van der Waals surface area contributed by atoms with Crippen LogP contribution in [0.15, 0.2) is 0 Å². The highest BCUT2D eigenvalue weighted by molar-refractivity contribution is 8.00. The molecular formula is C13H21N3O8S2. The number of urea groups is 1. The van der Waals surface area contributed by atoms with Crippen LogP contribution in [0.4, 0.5) is 4.79 Å². The van der Waals surface area contributed by atoms with Gasteiger partial charge in [-0.2, -0.15) is 20.2 Å². The highest BCUT2D eigenvalue weighted by Crippen LogP contribution is 2.36. The van der Waals surface area contributed by atoms with Gasteiger partial charge in [-0.05, 0) is 12.8 Å². The van der Waals surface area contributed by atoms with Crippen LogP contribution < -0.4 is 10.7 Å². The molecular weight excluding hydrogens is 390 g/mol. The Balaban J connectivity index is 2.02. The van der Waals surface area contributed by atoms with Crippen molar-refractivity contribution in [2.75, 3.05) is 11.5 Å². The van der Waals surface area contributed by atoms with Gasteiger partial charge in [0, 0.05) is 17.4 Å². The predicted molar refractivity (Wildman–Crippen MR) is 91.3 cm³/mol. The summed E-state index contributed by atoms with van der Waals surface area (Å²) in [5.74, 6) is -2.84. The SMILES string of the molecule is O=C(O)CCCC[C@H]1SC[C@H]2NC(=O)N(NC(CS(=O)(=O)O)C(=O)O)[C@H]21. The van der Waals surface area contributed by atoms with Crippen LogP contribution in [0.5, 0.6) is 0 Å². The molecule has 2 fully saturated rings. The number of rotatable bonds is 10. The Hall–Kier alpha value is -1.57. The summed E-state index contributed by atoms with van der Waals surface area (Å²) in [4.78, 5) is 34.0. The summed E-state index contributed by atoms with van der Waals surface area (Å²) in [5, 5.41) is 21.6. The fraction of sp³-hybridized carbons (Fsp3) is 0.769. The third-order valence-corrected chi connectivity index (χ3v) is 6.46. The number of nitrogens with one attached hydrogen (secondary N) is 2. The molecule has 0 aromatic heterocycles. The van der Waals surface area contributed by atoms with E-state index < -0.39 is 39.9 Å². The van der Waals surface area contributed by atoms with E-state index in [1.165, 1.54) is 0 Å². The predicted octanol–water partition coefficient (Wildman–Crippen LogP) is -0.645. The zero-order chi connectivity index (χ0) is 19.5. The molecule has 2 aliphatic heterocycles. The Morgan fingerprint density at radius 2 is 2.04 bits per heavy atom. The van der Waals surface area contributed by atoms with Crippen LogP contribution in [-0.2, 0) is 19.7 Å². The van der Waals surface area contributed by atoms with Gasteiger partial charge in [-0.3, -0.25) is 19.2 Å². The van der Waals surface area contributed by atoms with E-state index in [4.69, 9.17) is 14.8 Å². The third-order valence-electron chi connectivity index (χ3n) is 4.21. The van der Waals surface area contributed by atoms with Gasteiger partial charge in [0.1, 0.15) is 11.8 Å². The number of hydrazine groups is 1. The van der Waals surface area contributed by atoms with Gasteiger partial charge in [-0.15, -0.1) is 0 Å². The van der Waals surface area contributed by atoms with Crippen molar-refractivity contribution in [2.45, 2.75) is 49.1 Å². The second kappa shape index (κ2) is 8.41. The maximum absolute atomic E-state index is 12.1. The van der Waals surface area contributed by atoms with E-state index in [-0.39, 0.29) is 23.8 Å². The normalized spacial score (nSPS) is 26.4. The molecule has 13 heteroatoms. The minimum absolute atomic E-state index is 0.0413. The van der Waals surface area contributed by atoms with Crippen LogP contribution in [0.3, 0.4) is 0 Å². The molecule has 2 amide bonds. The minimum atomic E-state index is -4.55. The second-order valence-electron chi connectivity index (χ2n) is 6.20. The largest absolute Gasteiger partial charge is 0.481 e. The molecule has 5 N–H and O–H groups in total. The quantitative estimate of drug-likeness (QED) is 0.177. The Labute approximate surface area is 154 Å². The number of carbonyl (C=O) groups excluding carboxylic acids is 1. The monoisotopic (exact) mass is 411 g/mol. The van der Waals surface area contributed by atoms with Crippen molar-refractivity contribution in [1.82, 2.24) is 15.8 Å². The van der Waals surface area contributed by atoms with Gasteiger partial charge in [0.05, 0.1) is 12.1 Å². The zero-order valence-corrected chi connectivity index (χ0v) is 15.3. The molecule has 4 atom stereocenters. The van der Waals surface area contributed by atoms with Crippen LogP contribution >= 0.6 is 11.8 Å². The van der Waals surface area contributed by atoms with E-state index in [1.54, 1.807) is 11.8 Å². The first-order chi connectivity index (χ1) is 12.1. The van der Waals surface area contributed by atoms with Gasteiger partial charge in [-0.1, -0.05) is 6.42 Å². The lowest BCUT2D eigenvalue weighted by Crippen LogP contribution is -2.57. The molecule has 0 saturated carbocycles. The fourth-order valence-electron chi connectivity index (χ4n) is 3.08. The summed E-state index contributed by atoms with van der Waals surface area (Å²) < 4.78 is 30.9. The van der Waals surface area contributed by atoms with Gasteiger partial charge < -0.3 is 15.5 Å². The van der Waals surface area contributed by atoms with Crippen LogP contribution in [0.1, 0.15) is 25.7 Å². The number of amides is 2. The molecule has 148 valence electrons. The van der Waals surface area contributed by atoms with Crippen LogP contribution in [0, 0.1) is 0 Å². The third kappa shape index (κ3) is 5.46. The summed E-state index contributed by atoms with van der Waals surface area (Å²) >= 11 is 1.59. The van der Waals surface area contributed by atoms with Crippen molar-refractivity contribution in [2.24, 2.45) is 0 Å². The zero-order valence-electron chi connectivity index (χ0n) is 13.7. The number of thioether (sulfide) groups is 1. The van der Waals surface area contributed by atoms with Gasteiger partial charge in [0.15, 0.2) is 0 Å². The molecule has 26 heavy (non-hydrogen) atoms. The van der Waals surface area contributed by atoms with Crippen LogP contribution in [0.2, 0.25) is 0 Å². The van der Waals surface area contributed by atoms with E-state index in [9.17, 15) is 22.8 Å². The lowest BCUT2D eigenvalue weighted by atomic mass is 10.0. The van der Waals surface area contributed by atoms with Crippen molar-refractivity contribution in [3.63, 3.8) is 0 Å². The fourth-order valence-corrected chi connectivity index (χ4v) is 5.30. The standard InChI is InChI=1S/C13H21N3O8S2/c17-10(18)4-2-1-3-9-11-7(5-25-9)14-13(21)16(11)15-8(12(19)20)6-26(22,23)24/h7-9,11,15H,1-6H2,(H,14,21)(H,17,18)(H,19,20)(H,22,23,24)/t7-,8?,9-,11-/m1/s1. The highest BCUT2D eigenvalue weighted by atomic mass is 32.2. The number of unbranched alkanes of at least 4 members (excludes halogenated alkanes) is 1. The van der Waals surface area contributed by atoms with Crippen molar-refractivity contribution < 1.29 is 37.6 Å². The summed E-state index contributed by atoms with van der Waals surface area (Å²) in [6.07, 6.45) is 1.84. The van der Waals surface area contributed by atoms with Crippen molar-refractivity contribution in [3.05, 3.63) is 0 Å². The van der Waals surface area contributed by atoms with Gasteiger partial charge in [0.2, 0.25) is 0 Å². The molecule has 0 aliphatic carbocycles. The molecule has 0 radical (unpaired) electrons. The molecule has 0 aromatic carbocycles. The van der Waals surface area contributed by atoms with Crippen molar-refractivity contribution in [1.29, 1.82) is 0 Å². The van der Waals surface area contributed by atoms with E-state index >= 15 is 0 Å². The second-order valence-corrected chi connectivity index (χ2v) is 8.97. The Kier molecular flexibility index (Phi) is 6.71. The van der Waals surface area contributed by atoms with Gasteiger partial charge in [-0.25, -0.2) is 10.2 Å². The van der Waals surface area contributed by atoms with E-state index in [0.29, 0.717) is 25.0 Å². The van der Waals surface area contributed by atoms with Crippen LogP contribution in [0.25, 0.3) is 0 Å². The summed E-state index contributed by atoms with van der Waals surface area (Å²) in [6.45, 7) is 0. The number of hydrogen-bond acceptors (Lipinski definition) is 7. The lowest BCUT2D eigenvalue weighted by Gasteiger charge is -2.29. The number of carbonyl (C=O) groups is 3. The number of carboxylic acid groups (broad SMARTS) is 2. The van der Waals surface area contributed by atoms with Crippen molar-refractivity contribution >= 4 is 39.8 Å². The summed E-state index contributed by atoms with van der Waals surface area (Å²) in [6, 6.07) is -2.84. The maximum atomic E-state index is 12.1. The summed E-state index contributed by atoms with van der Waals surface area (Å²) in [5.41, 5.74) is 2.41. The number of aliphatic carboxylic acids is 2. The molecule has 1 unspecified atom stereocenters. The molecule has 2 aliphatic rings. The number of nitrogens with zero attached hydrogens (tertiary/aromatic N) is 1. The first-order valence-corrected chi connectivity index (χ1v) is 10.6. The minimum Gasteiger partial charge on any atom is -0.481 e. The molecule has 2 heterocycles. The van der Waals surface area contributed by atoms with E-state index in [2.05, 4.69) is 10.7 Å². The van der Waals surface area contributed by atoms with Crippen LogP contribution in [-0.4, -0.2) is 81.0 Å². The Morgan fingerprint density at radius 1 is 1.35 bits per heavy atom. The number of carboxylic acids is 2. The first-order valence-electron chi connectivity index (χ1n) is 7.95. The smallest absolute Gasteiger partial charge is 0.332 e. The molecule has 0 aromatic rings. The van der Waals surface area contributed by atoms with Gasteiger partial charge >= 0.3 is 18.0 Å². The van der Waals surface area contributed by atoms with E-state index in [0.717, 1.165) is 5.01 Å². The van der Waals surface area contributed by atoms with Crippen molar-refractivity contribution in [3.8, 4) is 0 Å². The molecule has 11 nitrogen and oxygen atoms in total. The number of hydrogen-bond donors (Lipinski definition) is 5. The highest BCUT2D eigenvalue weighted by Gasteiger charge is 2.49. The number of fused-ring (bicyclic) bond motifs is 1. The average molecular weight is 411 g/mol. The Morgan fingerprint density at radius 3 is 2.62 bits per heavy atom. The topological polar surface area (TPSA) is 173 Å². The van der Waals surface area contributed by atoms with E-state index in [1.807, 2.05) is 0 Å². The lowest BCUT2D eigenvalue weighted by molar-refractivity contribution is -0.140. The molecule has 0 bridgehead atoms. The first kappa shape index (κ1) is 20.7. The molecule has 2 saturated heterocycles. The molecule has 0 spiro atoms. The maximum Gasteiger partial charge on any atom is 0.332 e. The molecule has 2 rings (SSSR count).